The highest BCUT2D eigenvalue weighted by molar-refractivity contribution is 5.74. The smallest absolute Gasteiger partial charge is 0.317 e. The molecule has 3 amide bonds. The van der Waals surface area contributed by atoms with Crippen molar-refractivity contribution in [3.8, 4) is 0 Å². The first kappa shape index (κ1) is 19.2. The van der Waals surface area contributed by atoms with E-state index in [1.807, 2.05) is 9.80 Å². The van der Waals surface area contributed by atoms with Gasteiger partial charge in [-0.1, -0.05) is 0 Å². The first-order valence-corrected chi connectivity index (χ1v) is 10.4. The average Bonchev–Trinajstić information content (AvgIpc) is 3.32. The molecular formula is C19H30N6O3. The van der Waals surface area contributed by atoms with Crippen molar-refractivity contribution in [2.45, 2.75) is 57.6 Å². The number of hydrogen-bond donors (Lipinski definition) is 1. The Hall–Kier alpha value is -2.16. The van der Waals surface area contributed by atoms with Crippen molar-refractivity contribution in [1.82, 2.24) is 29.9 Å². The second-order valence-corrected chi connectivity index (χ2v) is 7.96. The summed E-state index contributed by atoms with van der Waals surface area (Å²) in [5, 5.41) is 11.9. The van der Waals surface area contributed by atoms with Crippen molar-refractivity contribution in [1.29, 1.82) is 0 Å². The molecule has 4 heterocycles. The highest BCUT2D eigenvalue weighted by atomic mass is 16.5. The van der Waals surface area contributed by atoms with Crippen LogP contribution in [0.3, 0.4) is 0 Å². The van der Waals surface area contributed by atoms with E-state index < -0.39 is 0 Å². The van der Waals surface area contributed by atoms with Gasteiger partial charge in [0.05, 0.1) is 6.10 Å². The summed E-state index contributed by atoms with van der Waals surface area (Å²) in [6, 6.07) is -0.0227. The van der Waals surface area contributed by atoms with E-state index in [0.29, 0.717) is 32.0 Å². The van der Waals surface area contributed by atoms with Crippen LogP contribution in [0.1, 0.15) is 50.2 Å². The minimum absolute atomic E-state index is 0.0227. The number of piperidine rings is 1. The quantitative estimate of drug-likeness (QED) is 0.822. The molecule has 154 valence electrons. The lowest BCUT2D eigenvalue weighted by Gasteiger charge is -2.31. The molecule has 0 radical (unpaired) electrons. The molecule has 2 saturated heterocycles. The lowest BCUT2D eigenvalue weighted by atomic mass is 9.96. The Bertz CT molecular complexity index is 707. The fraction of sp³-hybridized carbons (Fsp3) is 0.789. The van der Waals surface area contributed by atoms with E-state index >= 15 is 0 Å². The molecule has 0 spiro atoms. The summed E-state index contributed by atoms with van der Waals surface area (Å²) in [7, 11) is 0. The van der Waals surface area contributed by atoms with E-state index in [-0.39, 0.29) is 18.0 Å². The van der Waals surface area contributed by atoms with E-state index in [1.54, 1.807) is 6.92 Å². The monoisotopic (exact) mass is 390 g/mol. The van der Waals surface area contributed by atoms with Crippen LogP contribution in [0.4, 0.5) is 4.79 Å². The van der Waals surface area contributed by atoms with Gasteiger partial charge in [0.15, 0.2) is 0 Å². The summed E-state index contributed by atoms with van der Waals surface area (Å²) in [5.41, 5.74) is 0. The molecule has 3 aliphatic heterocycles. The molecule has 2 fully saturated rings. The molecule has 9 heteroatoms. The standard InChI is InChI=1S/C19H30N6O3/c1-14(26)23-7-4-15(5-8-23)18-22-21-17-6-9-24(10-11-25(17)18)19(27)20-13-16-3-2-12-28-16/h15-16H,2-13H2,1H3,(H,20,27). The average molecular weight is 390 g/mol. The van der Waals surface area contributed by atoms with Crippen molar-refractivity contribution >= 4 is 11.9 Å². The second kappa shape index (κ2) is 8.46. The molecule has 0 saturated carbocycles. The molecule has 4 rings (SSSR count). The second-order valence-electron chi connectivity index (χ2n) is 7.96. The third-order valence-corrected chi connectivity index (χ3v) is 6.15. The number of carbonyl (C=O) groups excluding carboxylic acids is 2. The zero-order valence-corrected chi connectivity index (χ0v) is 16.6. The summed E-state index contributed by atoms with van der Waals surface area (Å²) in [4.78, 5) is 27.9. The van der Waals surface area contributed by atoms with Gasteiger partial charge in [0.2, 0.25) is 5.91 Å². The minimum atomic E-state index is -0.0227. The number of amides is 3. The zero-order chi connectivity index (χ0) is 19.5. The molecule has 1 aromatic heterocycles. The number of fused-ring (bicyclic) bond motifs is 1. The van der Waals surface area contributed by atoms with Gasteiger partial charge in [-0.05, 0) is 25.7 Å². The van der Waals surface area contributed by atoms with E-state index in [4.69, 9.17) is 4.74 Å². The van der Waals surface area contributed by atoms with Gasteiger partial charge in [-0.3, -0.25) is 4.79 Å². The van der Waals surface area contributed by atoms with Crippen molar-refractivity contribution in [3.05, 3.63) is 11.6 Å². The van der Waals surface area contributed by atoms with Gasteiger partial charge < -0.3 is 24.4 Å². The van der Waals surface area contributed by atoms with Crippen LogP contribution < -0.4 is 5.32 Å². The number of hydrogen-bond acceptors (Lipinski definition) is 5. The summed E-state index contributed by atoms with van der Waals surface area (Å²) in [5.74, 6) is 2.44. The van der Waals surface area contributed by atoms with Gasteiger partial charge in [0.25, 0.3) is 0 Å². The number of nitrogens with zero attached hydrogens (tertiary/aromatic N) is 5. The van der Waals surface area contributed by atoms with Crippen LogP contribution in [0.15, 0.2) is 0 Å². The predicted octanol–water partition coefficient (Wildman–Crippen LogP) is 0.751. The van der Waals surface area contributed by atoms with Crippen LogP contribution in [0.5, 0.6) is 0 Å². The Morgan fingerprint density at radius 3 is 2.61 bits per heavy atom. The van der Waals surface area contributed by atoms with E-state index in [9.17, 15) is 9.59 Å². The Balaban J connectivity index is 1.33. The van der Waals surface area contributed by atoms with Gasteiger partial charge in [-0.2, -0.15) is 0 Å². The summed E-state index contributed by atoms with van der Waals surface area (Å²) >= 11 is 0. The normalized spacial score (nSPS) is 23.4. The number of urea groups is 1. The maximum atomic E-state index is 12.5. The van der Waals surface area contributed by atoms with Crippen LogP contribution in [0.25, 0.3) is 0 Å². The zero-order valence-electron chi connectivity index (χ0n) is 16.6. The lowest BCUT2D eigenvalue weighted by Crippen LogP contribution is -2.44. The summed E-state index contributed by atoms with van der Waals surface area (Å²) in [6.07, 6.45) is 4.81. The molecule has 28 heavy (non-hydrogen) atoms. The molecule has 0 aromatic carbocycles. The molecular weight excluding hydrogens is 360 g/mol. The van der Waals surface area contributed by atoms with Crippen molar-refractivity contribution in [2.24, 2.45) is 0 Å². The molecule has 0 bridgehead atoms. The lowest BCUT2D eigenvalue weighted by molar-refractivity contribution is -0.129. The molecule has 0 aliphatic carbocycles. The summed E-state index contributed by atoms with van der Waals surface area (Å²) in [6.45, 7) is 6.59. The fourth-order valence-corrected chi connectivity index (χ4v) is 4.42. The van der Waals surface area contributed by atoms with Crippen LogP contribution in [-0.2, 0) is 22.5 Å². The molecule has 1 N–H and O–H groups in total. The van der Waals surface area contributed by atoms with Crippen LogP contribution in [-0.4, -0.2) is 81.9 Å². The third kappa shape index (κ3) is 4.14. The number of ether oxygens (including phenoxy) is 1. The third-order valence-electron chi connectivity index (χ3n) is 6.15. The number of nitrogens with one attached hydrogen (secondary N) is 1. The first-order chi connectivity index (χ1) is 13.6. The molecule has 1 atom stereocenters. The maximum absolute atomic E-state index is 12.5. The number of carbonyl (C=O) groups is 2. The van der Waals surface area contributed by atoms with Gasteiger partial charge in [0.1, 0.15) is 11.6 Å². The Labute approximate surface area is 165 Å². The predicted molar refractivity (Wildman–Crippen MR) is 102 cm³/mol. The summed E-state index contributed by atoms with van der Waals surface area (Å²) < 4.78 is 7.77. The fourth-order valence-electron chi connectivity index (χ4n) is 4.42. The topological polar surface area (TPSA) is 92.6 Å². The number of rotatable bonds is 3. The van der Waals surface area contributed by atoms with Crippen molar-refractivity contribution in [3.63, 3.8) is 0 Å². The SMILES string of the molecule is CC(=O)N1CCC(c2nnc3n2CCN(C(=O)NCC2CCCO2)CC3)CC1. The van der Waals surface area contributed by atoms with Gasteiger partial charge in [-0.15, -0.1) is 10.2 Å². The highest BCUT2D eigenvalue weighted by Gasteiger charge is 2.29. The molecule has 9 nitrogen and oxygen atoms in total. The number of likely N-dealkylation sites (tertiary alicyclic amines) is 1. The van der Waals surface area contributed by atoms with Crippen molar-refractivity contribution < 1.29 is 14.3 Å². The largest absolute Gasteiger partial charge is 0.376 e. The molecule has 1 aromatic rings. The van der Waals surface area contributed by atoms with Crippen LogP contribution >= 0.6 is 0 Å². The maximum Gasteiger partial charge on any atom is 0.317 e. The van der Waals surface area contributed by atoms with E-state index in [1.165, 1.54) is 0 Å². The number of aromatic nitrogens is 3. The molecule has 3 aliphatic rings. The van der Waals surface area contributed by atoms with E-state index in [2.05, 4.69) is 20.1 Å². The first-order valence-electron chi connectivity index (χ1n) is 10.4. The van der Waals surface area contributed by atoms with Crippen LogP contribution in [0.2, 0.25) is 0 Å². The highest BCUT2D eigenvalue weighted by Crippen LogP contribution is 2.28. The van der Waals surface area contributed by atoms with Crippen molar-refractivity contribution in [2.75, 3.05) is 39.3 Å². The Kier molecular flexibility index (Phi) is 5.79. The Morgan fingerprint density at radius 1 is 1.07 bits per heavy atom. The van der Waals surface area contributed by atoms with Gasteiger partial charge in [-0.25, -0.2) is 4.79 Å². The van der Waals surface area contributed by atoms with Gasteiger partial charge >= 0.3 is 6.03 Å². The van der Waals surface area contributed by atoms with Gasteiger partial charge in [0, 0.05) is 65.1 Å². The minimum Gasteiger partial charge on any atom is -0.376 e. The van der Waals surface area contributed by atoms with Crippen LogP contribution in [0, 0.1) is 0 Å². The van der Waals surface area contributed by atoms with E-state index in [0.717, 1.165) is 63.6 Å². The molecule has 1 unspecified atom stereocenters. The Morgan fingerprint density at radius 2 is 1.89 bits per heavy atom.